The number of amides is 10. The number of sulfonamides is 3. The number of hydrazine groups is 1. The summed E-state index contributed by atoms with van der Waals surface area (Å²) >= 11 is 0. The van der Waals surface area contributed by atoms with Gasteiger partial charge in [0.1, 0.15) is 62.6 Å². The van der Waals surface area contributed by atoms with Crippen LogP contribution in [0.15, 0.2) is 51.9 Å². The number of aliphatic hydroxyl groups excluding tert-OH is 1. The molecule has 7 aliphatic heterocycles. The standard InChI is InChI=1S/C32H51N5O8S.C32H49N5O7S.C22H36N4O5S.C10H17NO4.C2H6O.H2N5O.Na/c1-21-19-23(35(9)28(40)44-30(3,4)5)20-22(2)24(21)12-18-46(42,43)36-16-13-32(14-17-36,27(33)39)34-26(38)25-11-10-15-37(25)29(41)45-31(6,7)8;1-21-19-23(35(9)28(39)43-30(3,4)5)20-22(2)24(21)12-18-45(41,42)36-16-13-32(14-17-36)27(38)33-26(34-32)25-11-10-15-37(25)29(40)44-31(6,7)8;1-15-13-17(25(6)20(28)31-21(3,4)5)14-16(2)18(15)7-12-32(29,30)26-10-8-22(24,9-11-26)19(23)27;1-10(2,3)15-9(14)11-6-4-5-7(11)8(12)13;1-2-3;1-2-3-4-5-6;/h19-20,25H,10-18H2,1-9H3,(H2,33,39)(H,34,38);19-20,25H,10-18H2,1-9H3,(H,33,34,38);13-14H,7-12,24H2,1-6H3,(H2,23,27);7H,4-6H2,1-3H3,(H,12,13);3H,2H2,1H3;(H2-,1,2,3,4,5,6);/q;;;;;-1;+1. The second-order valence-corrected chi connectivity index (χ2v) is 50.0. The average molecular weight is 2150 g/mol. The van der Waals surface area contributed by atoms with Crippen molar-refractivity contribution in [2.45, 2.75) is 338 Å². The molecule has 1 spiro atoms. The van der Waals surface area contributed by atoms with E-state index in [0.29, 0.717) is 81.1 Å². The normalized spacial score (nSPS) is 18.4. The topological polar surface area (TPSA) is 618 Å². The van der Waals surface area contributed by atoms with Gasteiger partial charge in [-0.2, -0.15) is 0 Å². The number of piperidine rings is 3. The maximum absolute atomic E-state index is 13.4. The van der Waals surface area contributed by atoms with Crippen LogP contribution in [-0.4, -0.2) is 307 Å². The summed E-state index contributed by atoms with van der Waals surface area (Å²) in [6, 6.07) is 9.21. The first kappa shape index (κ1) is 130. The van der Waals surface area contributed by atoms with E-state index in [0.717, 1.165) is 62.9 Å². The summed E-state index contributed by atoms with van der Waals surface area (Å²) in [5, 5.41) is 26.5. The fourth-order valence-corrected chi connectivity index (χ4v) is 21.7. The summed E-state index contributed by atoms with van der Waals surface area (Å²) < 4.78 is 116. The van der Waals surface area contributed by atoms with E-state index in [1.165, 1.54) is 37.4 Å². The van der Waals surface area contributed by atoms with Gasteiger partial charge in [0.15, 0.2) is 0 Å². The molecule has 0 saturated carbocycles. The number of amidine groups is 1. The molecular weight excluding hydrogens is 1990 g/mol. The number of ether oxygens (including phenoxy) is 6. The van der Waals surface area contributed by atoms with Crippen LogP contribution in [0.3, 0.4) is 0 Å². The number of nitrogens with one attached hydrogen (secondary N) is 4. The molecule has 6 fully saturated rings. The molecule has 148 heavy (non-hydrogen) atoms. The third-order valence-corrected chi connectivity index (χ3v) is 30.6. The Labute approximate surface area is 894 Å². The van der Waals surface area contributed by atoms with Gasteiger partial charge < -0.3 is 77.5 Å². The predicted octanol–water partition coefficient (Wildman–Crippen LogP) is 7.69. The zero-order valence-electron chi connectivity index (χ0n) is 92.0. The number of hydrogen-bond donors (Lipinski definition) is 9. The van der Waals surface area contributed by atoms with E-state index >= 15 is 0 Å². The Morgan fingerprint density at radius 1 is 0.473 bits per heavy atom. The number of nitrogens with zero attached hydrogens (tertiary/aromatic N) is 13. The van der Waals surface area contributed by atoms with Crippen LogP contribution < -0.4 is 83.2 Å². The van der Waals surface area contributed by atoms with Crippen molar-refractivity contribution in [1.82, 2.24) is 49.3 Å². The number of likely N-dealkylation sites (tertiary alicyclic amines) is 3. The fourth-order valence-electron chi connectivity index (χ4n) is 17.3. The number of benzene rings is 3. The van der Waals surface area contributed by atoms with Gasteiger partial charge in [-0.05, 0) is 356 Å². The predicted molar refractivity (Wildman–Crippen MR) is 557 cm³/mol. The summed E-state index contributed by atoms with van der Waals surface area (Å²) in [6.07, 6.45) is 2.63. The van der Waals surface area contributed by atoms with Gasteiger partial charge in [0.05, 0.1) is 34.1 Å². The SMILES string of the molecule is CC(C)(C)OC(=O)N1CCCC1C(=O)O.CCO.Cc1cc(N(C)C(=O)OC(C)(C)C)cc(C)c1CCS(=O)(=O)N1CCC(N)(C(N)=O)CC1.Cc1cc(N(C)C(=O)OC(C)(C)C)cc(C)c1CCS(=O)(=O)N1CCC(NC(=O)C2CCCN2C(=O)OC(C)(C)C)(C(N)=O)CC1.Cc1cc(N(C)C(=O)OC(C)(C)C)cc(C)c1CCS(=O)(=O)N1CCC2(CC1)N=C(C1CCCN1C(=O)OC(C)(C)C)NC2=O.[N-]=NNNN=O.[Na+]. The summed E-state index contributed by atoms with van der Waals surface area (Å²) in [6.45, 7) is 47.6. The van der Waals surface area contributed by atoms with Crippen LogP contribution >= 0.6 is 0 Å². The Bertz CT molecular complexity index is 5490. The largest absolute Gasteiger partial charge is 1.00 e. The van der Waals surface area contributed by atoms with Crippen molar-refractivity contribution in [3.63, 3.8) is 0 Å². The first-order valence-electron chi connectivity index (χ1n) is 49.2. The molecule has 6 saturated heterocycles. The van der Waals surface area contributed by atoms with E-state index in [1.807, 2.05) is 140 Å². The molecule has 828 valence electrons. The van der Waals surface area contributed by atoms with Gasteiger partial charge >= 0.3 is 72.1 Å². The van der Waals surface area contributed by atoms with Crippen LogP contribution in [0.2, 0.25) is 0 Å². The fraction of sp³-hybridized carbons (Fsp3) is 0.694. The molecule has 7 heterocycles. The number of hydrogen-bond acceptors (Lipinski definition) is 29. The molecular formula is C98H161N20NaO26S3. The van der Waals surface area contributed by atoms with Crippen LogP contribution in [0.4, 0.5) is 45.8 Å². The Morgan fingerprint density at radius 3 is 1.05 bits per heavy atom. The second-order valence-electron chi connectivity index (χ2n) is 43.7. The maximum Gasteiger partial charge on any atom is 1.00 e. The van der Waals surface area contributed by atoms with Crippen LogP contribution in [0.1, 0.15) is 259 Å². The maximum atomic E-state index is 13.4. The van der Waals surface area contributed by atoms with Gasteiger partial charge in [0.2, 0.25) is 47.8 Å². The number of aliphatic carboxylic acids is 1. The molecule has 3 atom stereocenters. The van der Waals surface area contributed by atoms with E-state index in [4.69, 9.17) is 71.3 Å². The van der Waals surface area contributed by atoms with Crippen molar-refractivity contribution >= 4 is 119 Å². The van der Waals surface area contributed by atoms with Crippen molar-refractivity contribution in [2.24, 2.45) is 32.7 Å². The number of carboxylic acid groups (broad SMARTS) is 1. The summed E-state index contributed by atoms with van der Waals surface area (Å²) in [5.41, 5.74) is 30.4. The van der Waals surface area contributed by atoms with Crippen molar-refractivity contribution < 1.29 is 146 Å². The molecule has 12 N–H and O–H groups in total. The summed E-state index contributed by atoms with van der Waals surface area (Å²) in [5.74, 6) is -2.87. The van der Waals surface area contributed by atoms with E-state index < -0.39 is 153 Å². The quantitative estimate of drug-likeness (QED) is 0.0104. The molecule has 0 bridgehead atoms. The smallest absolute Gasteiger partial charge is 0.480 e. The molecule has 10 rings (SSSR count). The summed E-state index contributed by atoms with van der Waals surface area (Å²) in [4.78, 5) is 158. The van der Waals surface area contributed by atoms with Crippen molar-refractivity contribution in [1.29, 1.82) is 0 Å². The first-order valence-corrected chi connectivity index (χ1v) is 54.0. The Balaban J connectivity index is 0.000000418. The Hall–Kier alpha value is -10.2. The van der Waals surface area contributed by atoms with Gasteiger partial charge in [-0.3, -0.25) is 58.8 Å². The van der Waals surface area contributed by atoms with E-state index in [9.17, 15) is 78.0 Å². The monoisotopic (exact) mass is 2150 g/mol. The Morgan fingerprint density at radius 2 is 0.764 bits per heavy atom. The van der Waals surface area contributed by atoms with Gasteiger partial charge in [0, 0.05) is 104 Å². The number of anilines is 3. The summed E-state index contributed by atoms with van der Waals surface area (Å²) in [7, 11) is -5.91. The minimum atomic E-state index is -3.72. The number of rotatable bonds is 24. The number of aryl methyl sites for hydroxylation is 6. The molecule has 3 unspecified atom stereocenters. The molecule has 3 aromatic rings. The second kappa shape index (κ2) is 53.6. The third-order valence-electron chi connectivity index (χ3n) is 25.0. The minimum absolute atomic E-state index is 0. The number of carboxylic acids is 1. The van der Waals surface area contributed by atoms with Crippen LogP contribution in [0, 0.1) is 46.4 Å². The number of aliphatic imine (C=N–C) groups is 1. The number of carbonyl (C=O) groups excluding carboxylic acids is 10. The molecule has 0 aliphatic carbocycles. The number of primary amides is 2. The third kappa shape index (κ3) is 38.6. The zero-order chi connectivity index (χ0) is 112. The minimum Gasteiger partial charge on any atom is -0.480 e. The van der Waals surface area contributed by atoms with Crippen molar-refractivity contribution in [3.8, 4) is 0 Å². The van der Waals surface area contributed by atoms with Crippen molar-refractivity contribution in [3.05, 3.63) is 96.9 Å². The molecule has 0 radical (unpaired) electrons. The molecule has 0 aromatic heterocycles. The molecule has 7 aliphatic rings. The number of nitroso groups, excluding NO2 is 1. The number of carbonyl (C=O) groups is 11. The van der Waals surface area contributed by atoms with E-state index in [1.54, 1.807) is 106 Å². The zero-order valence-corrected chi connectivity index (χ0v) is 96.4. The number of aliphatic hydroxyl groups is 1. The molecule has 3 aromatic carbocycles. The van der Waals surface area contributed by atoms with E-state index in [-0.39, 0.29) is 150 Å². The van der Waals surface area contributed by atoms with Gasteiger partial charge in [-0.25, -0.2) is 77.3 Å². The van der Waals surface area contributed by atoms with Gasteiger partial charge in [-0.15, -0.1) is 4.91 Å². The molecule has 10 amide bonds. The molecule has 46 nitrogen and oxygen atoms in total. The van der Waals surface area contributed by atoms with E-state index in [2.05, 4.69) is 21.1 Å². The van der Waals surface area contributed by atoms with Crippen LogP contribution in [0.25, 0.3) is 5.53 Å². The van der Waals surface area contributed by atoms with Gasteiger partial charge in [0.25, 0.3) is 5.91 Å². The van der Waals surface area contributed by atoms with Crippen LogP contribution in [0.5, 0.6) is 0 Å². The Kier molecular flexibility index (Phi) is 47.1. The molecule has 50 heteroatoms. The number of nitrogens with two attached hydrogens (primary N) is 3. The average Bonchev–Trinajstić information content (AvgIpc) is 1.57. The van der Waals surface area contributed by atoms with Crippen LogP contribution in [-0.2, 0) is 102 Å². The van der Waals surface area contributed by atoms with Gasteiger partial charge in [-0.1, -0.05) is 0 Å². The first-order chi connectivity index (χ1) is 67.5. The van der Waals surface area contributed by atoms with Crippen molar-refractivity contribution in [2.75, 3.05) is 119 Å².